The molecule has 2 rings (SSSR count). The highest BCUT2D eigenvalue weighted by atomic mass is 16.4. The monoisotopic (exact) mass is 231 g/mol. The van der Waals surface area contributed by atoms with Gasteiger partial charge in [0.15, 0.2) is 12.0 Å². The molecule has 1 heterocycles. The lowest BCUT2D eigenvalue weighted by molar-refractivity contribution is -0.268. The summed E-state index contributed by atoms with van der Waals surface area (Å²) in [5, 5.41) is 20.1. The van der Waals surface area contributed by atoms with Gasteiger partial charge in [-0.15, -0.1) is 0 Å². The summed E-state index contributed by atoms with van der Waals surface area (Å²) >= 11 is 0. The van der Waals surface area contributed by atoms with Crippen LogP contribution in [-0.2, 0) is 0 Å². The summed E-state index contributed by atoms with van der Waals surface area (Å²) in [6, 6.07) is 6.84. The molecule has 2 aromatic rings. The van der Waals surface area contributed by atoms with Gasteiger partial charge in [-0.1, -0.05) is 17.9 Å². The van der Waals surface area contributed by atoms with Gasteiger partial charge < -0.3 is 14.6 Å². The maximum atomic E-state index is 11.4. The van der Waals surface area contributed by atoms with Crippen LogP contribution in [0.4, 0.5) is 0 Å². The van der Waals surface area contributed by atoms with Crippen molar-refractivity contribution in [1.29, 1.82) is 0 Å². The summed E-state index contributed by atoms with van der Waals surface area (Å²) in [4.78, 5) is 21.1. The first-order valence-corrected chi connectivity index (χ1v) is 4.71. The standard InChI is InChI=1S/C12H8O5/c13-6-8-2-4-11(17-8)7-1-3-9(12(15)16)10(14)5-7/h1-6,14H,(H,15,16)/p-1. The lowest BCUT2D eigenvalue weighted by Crippen LogP contribution is -2.03. The molecule has 1 aromatic carbocycles. The lowest BCUT2D eigenvalue weighted by Gasteiger charge is -2.10. The first-order chi connectivity index (χ1) is 8.11. The summed E-state index contributed by atoms with van der Waals surface area (Å²) in [6.45, 7) is 0. The Morgan fingerprint density at radius 3 is 2.59 bits per heavy atom. The third-order valence-electron chi connectivity index (χ3n) is 2.24. The summed E-state index contributed by atoms with van der Waals surface area (Å²) in [6.07, 6.45) is 0.549. The largest absolute Gasteiger partial charge is 0.872 e. The minimum atomic E-state index is -1.27. The molecule has 86 valence electrons. The van der Waals surface area contributed by atoms with Crippen LogP contribution >= 0.6 is 0 Å². The highest BCUT2D eigenvalue weighted by Gasteiger charge is 2.08. The second-order valence-corrected chi connectivity index (χ2v) is 3.34. The molecular formula is C12H7O5-. The molecule has 0 amide bonds. The third kappa shape index (κ3) is 2.03. The van der Waals surface area contributed by atoms with Crippen molar-refractivity contribution < 1.29 is 24.2 Å². The minimum Gasteiger partial charge on any atom is -0.872 e. The number of carbonyl (C=O) groups is 2. The van der Waals surface area contributed by atoms with Crippen molar-refractivity contribution in [2.24, 2.45) is 0 Å². The smallest absolute Gasteiger partial charge is 0.335 e. The van der Waals surface area contributed by atoms with Crippen LogP contribution in [0.3, 0.4) is 0 Å². The zero-order chi connectivity index (χ0) is 12.4. The zero-order valence-electron chi connectivity index (χ0n) is 8.54. The van der Waals surface area contributed by atoms with Gasteiger partial charge in [-0.25, -0.2) is 4.79 Å². The number of rotatable bonds is 3. The molecule has 17 heavy (non-hydrogen) atoms. The zero-order valence-corrected chi connectivity index (χ0v) is 8.54. The summed E-state index contributed by atoms with van der Waals surface area (Å²) < 4.78 is 5.12. The number of aldehydes is 1. The number of benzene rings is 1. The van der Waals surface area contributed by atoms with Crippen LogP contribution in [0.5, 0.6) is 5.75 Å². The van der Waals surface area contributed by atoms with Crippen LogP contribution in [-0.4, -0.2) is 17.4 Å². The molecule has 0 atom stereocenters. The van der Waals surface area contributed by atoms with Crippen molar-refractivity contribution in [3.63, 3.8) is 0 Å². The van der Waals surface area contributed by atoms with Gasteiger partial charge in [0.2, 0.25) is 0 Å². The van der Waals surface area contributed by atoms with E-state index < -0.39 is 11.7 Å². The van der Waals surface area contributed by atoms with E-state index in [2.05, 4.69) is 0 Å². The lowest BCUT2D eigenvalue weighted by atomic mass is 10.1. The normalized spacial score (nSPS) is 10.1. The van der Waals surface area contributed by atoms with Gasteiger partial charge in [0.05, 0.1) is 5.56 Å². The van der Waals surface area contributed by atoms with E-state index >= 15 is 0 Å². The molecule has 0 spiro atoms. The van der Waals surface area contributed by atoms with Gasteiger partial charge >= 0.3 is 5.97 Å². The highest BCUT2D eigenvalue weighted by molar-refractivity contribution is 5.91. The van der Waals surface area contributed by atoms with Gasteiger partial charge in [-0.05, 0) is 18.2 Å². The van der Waals surface area contributed by atoms with Crippen molar-refractivity contribution in [2.75, 3.05) is 0 Å². The fraction of sp³-hybridized carbons (Fsp3) is 0. The van der Waals surface area contributed by atoms with E-state index in [4.69, 9.17) is 9.52 Å². The Labute approximate surface area is 95.9 Å². The number of hydrogen-bond donors (Lipinski definition) is 1. The number of carboxylic acid groups (broad SMARTS) is 1. The molecule has 0 radical (unpaired) electrons. The van der Waals surface area contributed by atoms with Gasteiger partial charge in [-0.3, -0.25) is 4.79 Å². The van der Waals surface area contributed by atoms with E-state index in [1.165, 1.54) is 18.2 Å². The molecule has 0 unspecified atom stereocenters. The van der Waals surface area contributed by atoms with Crippen molar-refractivity contribution in [3.05, 3.63) is 41.7 Å². The topological polar surface area (TPSA) is 90.6 Å². The van der Waals surface area contributed by atoms with E-state index in [0.717, 1.165) is 6.07 Å². The van der Waals surface area contributed by atoms with Crippen molar-refractivity contribution >= 4 is 12.3 Å². The fourth-order valence-corrected chi connectivity index (χ4v) is 1.42. The predicted octanol–water partition coefficient (Wildman–Crippen LogP) is 1.53. The van der Waals surface area contributed by atoms with Crippen LogP contribution < -0.4 is 5.11 Å². The van der Waals surface area contributed by atoms with E-state index in [1.807, 2.05) is 0 Å². The molecule has 0 aliphatic heterocycles. The minimum absolute atomic E-state index is 0.148. The summed E-state index contributed by atoms with van der Waals surface area (Å²) in [5.74, 6) is -1.37. The first kappa shape index (κ1) is 10.9. The second-order valence-electron chi connectivity index (χ2n) is 3.34. The molecule has 0 fully saturated rings. The Bertz CT molecular complexity index is 582. The average Bonchev–Trinajstić information content (AvgIpc) is 2.76. The third-order valence-corrected chi connectivity index (χ3v) is 2.24. The number of furan rings is 1. The molecule has 5 heteroatoms. The fourth-order valence-electron chi connectivity index (χ4n) is 1.42. The number of hydrogen-bond acceptors (Lipinski definition) is 4. The van der Waals surface area contributed by atoms with Gasteiger partial charge in [-0.2, -0.15) is 0 Å². The molecule has 0 bridgehead atoms. The Kier molecular flexibility index (Phi) is 2.66. The molecule has 1 N–H and O–H groups in total. The summed E-state index contributed by atoms with van der Waals surface area (Å²) in [7, 11) is 0. The van der Waals surface area contributed by atoms with E-state index in [-0.39, 0.29) is 11.3 Å². The molecule has 0 aliphatic carbocycles. The highest BCUT2D eigenvalue weighted by Crippen LogP contribution is 2.26. The molecule has 0 aliphatic rings. The van der Waals surface area contributed by atoms with Gasteiger partial charge in [0.1, 0.15) is 5.76 Å². The Balaban J connectivity index is 2.43. The number of carbonyl (C=O) groups excluding carboxylic acids is 1. The quantitative estimate of drug-likeness (QED) is 0.809. The van der Waals surface area contributed by atoms with Crippen molar-refractivity contribution in [3.8, 4) is 17.1 Å². The first-order valence-electron chi connectivity index (χ1n) is 4.71. The average molecular weight is 231 g/mol. The molecule has 5 nitrogen and oxygen atoms in total. The van der Waals surface area contributed by atoms with Crippen LogP contribution in [0.25, 0.3) is 11.3 Å². The summed E-state index contributed by atoms with van der Waals surface area (Å²) in [5.41, 5.74) is 0.143. The molecule has 0 saturated heterocycles. The Morgan fingerprint density at radius 1 is 1.29 bits per heavy atom. The van der Waals surface area contributed by atoms with Crippen molar-refractivity contribution in [1.82, 2.24) is 0 Å². The van der Waals surface area contributed by atoms with E-state index in [9.17, 15) is 14.7 Å². The maximum Gasteiger partial charge on any atom is 0.335 e. The van der Waals surface area contributed by atoms with Crippen LogP contribution in [0.15, 0.2) is 34.7 Å². The molecular weight excluding hydrogens is 224 g/mol. The second kappa shape index (κ2) is 4.13. The van der Waals surface area contributed by atoms with Crippen LogP contribution in [0.2, 0.25) is 0 Å². The number of carboxylic acids is 1. The predicted molar refractivity (Wildman–Crippen MR) is 55.9 cm³/mol. The van der Waals surface area contributed by atoms with Gasteiger partial charge in [0.25, 0.3) is 0 Å². The maximum absolute atomic E-state index is 11.4. The Morgan fingerprint density at radius 2 is 2.06 bits per heavy atom. The molecule has 0 saturated carbocycles. The van der Waals surface area contributed by atoms with Crippen molar-refractivity contribution in [2.45, 2.75) is 0 Å². The number of aromatic carboxylic acids is 1. The van der Waals surface area contributed by atoms with E-state index in [0.29, 0.717) is 17.6 Å². The SMILES string of the molecule is O=Cc1ccc(-c2ccc(C(=O)O)c([O-])c2)o1. The van der Waals surface area contributed by atoms with Crippen LogP contribution in [0.1, 0.15) is 20.9 Å². The molecule has 1 aromatic heterocycles. The van der Waals surface area contributed by atoms with E-state index in [1.54, 1.807) is 6.07 Å². The van der Waals surface area contributed by atoms with Crippen LogP contribution in [0, 0.1) is 0 Å². The van der Waals surface area contributed by atoms with Gasteiger partial charge in [0, 0.05) is 5.56 Å². The Hall–Kier alpha value is -2.56.